The summed E-state index contributed by atoms with van der Waals surface area (Å²) in [5.41, 5.74) is 3.94. The van der Waals surface area contributed by atoms with Crippen molar-refractivity contribution in [3.63, 3.8) is 0 Å². The summed E-state index contributed by atoms with van der Waals surface area (Å²) in [6.07, 6.45) is 0.931. The van der Waals surface area contributed by atoms with E-state index in [0.29, 0.717) is 18.7 Å². The normalized spacial score (nSPS) is 14.7. The molecule has 0 saturated heterocycles. The molecule has 0 aromatic heterocycles. The molecular weight excluding hydrogens is 274 g/mol. The van der Waals surface area contributed by atoms with E-state index in [-0.39, 0.29) is 17.6 Å². The third-order valence-corrected chi connectivity index (χ3v) is 4.55. The molecule has 0 saturated carbocycles. The number of fused-ring (bicyclic) bond motifs is 1. The van der Waals surface area contributed by atoms with Gasteiger partial charge in [-0.25, -0.2) is 0 Å². The van der Waals surface area contributed by atoms with Crippen molar-refractivity contribution in [1.29, 1.82) is 0 Å². The maximum absolute atomic E-state index is 12.7. The first-order valence-corrected chi connectivity index (χ1v) is 7.79. The first-order chi connectivity index (χ1) is 10.6. The van der Waals surface area contributed by atoms with Gasteiger partial charge in [0, 0.05) is 18.7 Å². The minimum Gasteiger partial charge on any atom is -0.508 e. The van der Waals surface area contributed by atoms with Gasteiger partial charge in [-0.05, 0) is 47.2 Å². The third kappa shape index (κ3) is 2.59. The first-order valence-electron chi connectivity index (χ1n) is 7.79. The maximum atomic E-state index is 12.7. The highest BCUT2D eigenvalue weighted by molar-refractivity contribution is 5.95. The van der Waals surface area contributed by atoms with E-state index in [4.69, 9.17) is 0 Å². The molecule has 0 bridgehead atoms. The minimum atomic E-state index is 0.0285. The zero-order valence-corrected chi connectivity index (χ0v) is 13.0. The molecule has 1 aliphatic rings. The van der Waals surface area contributed by atoms with Crippen molar-refractivity contribution in [3.05, 3.63) is 64.7 Å². The van der Waals surface area contributed by atoms with E-state index >= 15 is 0 Å². The van der Waals surface area contributed by atoms with Crippen molar-refractivity contribution in [3.8, 4) is 5.75 Å². The van der Waals surface area contributed by atoms with Crippen molar-refractivity contribution in [2.24, 2.45) is 0 Å². The molecule has 0 aliphatic carbocycles. The van der Waals surface area contributed by atoms with Crippen LogP contribution in [-0.4, -0.2) is 15.9 Å². The predicted octanol–water partition coefficient (Wildman–Crippen LogP) is 4.06. The average Bonchev–Trinajstić information content (AvgIpc) is 2.98. The zero-order chi connectivity index (χ0) is 15.7. The van der Waals surface area contributed by atoms with Crippen LogP contribution in [0.1, 0.15) is 53.2 Å². The quantitative estimate of drug-likeness (QED) is 0.927. The second-order valence-electron chi connectivity index (χ2n) is 6.01. The van der Waals surface area contributed by atoms with Gasteiger partial charge in [0.2, 0.25) is 0 Å². The molecule has 3 nitrogen and oxygen atoms in total. The number of carbonyl (C=O) groups is 1. The highest BCUT2D eigenvalue weighted by atomic mass is 16.3. The summed E-state index contributed by atoms with van der Waals surface area (Å²) in [7, 11) is 0. The maximum Gasteiger partial charge on any atom is 0.254 e. The molecule has 1 N–H and O–H groups in total. The molecule has 2 aromatic rings. The standard InChI is InChI=1S/C19H21NO2/c1-3-13(2)17-10-14(8-9-18(17)21)19(22)20-11-15-6-4-5-7-16(15)12-20/h4-10,13,21H,3,11-12H2,1-2H3. The molecule has 1 heterocycles. The Labute approximate surface area is 131 Å². The van der Waals surface area contributed by atoms with Crippen LogP contribution in [0.3, 0.4) is 0 Å². The van der Waals surface area contributed by atoms with E-state index < -0.39 is 0 Å². The van der Waals surface area contributed by atoms with Crippen molar-refractivity contribution < 1.29 is 9.90 Å². The fraction of sp³-hybridized carbons (Fsp3) is 0.316. The molecule has 22 heavy (non-hydrogen) atoms. The van der Waals surface area contributed by atoms with Gasteiger partial charge in [-0.3, -0.25) is 4.79 Å². The Balaban J connectivity index is 1.85. The fourth-order valence-electron chi connectivity index (χ4n) is 2.96. The molecule has 3 heteroatoms. The molecule has 1 amide bonds. The van der Waals surface area contributed by atoms with Gasteiger partial charge in [0.1, 0.15) is 5.75 Å². The summed E-state index contributed by atoms with van der Waals surface area (Å²) < 4.78 is 0. The number of hydrogen-bond donors (Lipinski definition) is 1. The van der Waals surface area contributed by atoms with Crippen molar-refractivity contribution in [2.75, 3.05) is 0 Å². The molecule has 3 rings (SSSR count). The van der Waals surface area contributed by atoms with Crippen molar-refractivity contribution >= 4 is 5.91 Å². The number of phenolic OH excluding ortho intramolecular Hbond substituents is 1. The summed E-state index contributed by atoms with van der Waals surface area (Å²) in [4.78, 5) is 14.6. The molecular formula is C19H21NO2. The Morgan fingerprint density at radius 3 is 2.41 bits per heavy atom. The summed E-state index contributed by atoms with van der Waals surface area (Å²) in [5, 5.41) is 10.0. The highest BCUT2D eigenvalue weighted by Crippen LogP contribution is 2.30. The number of rotatable bonds is 3. The molecule has 1 atom stereocenters. The molecule has 114 valence electrons. The lowest BCUT2D eigenvalue weighted by atomic mass is 9.95. The number of nitrogens with zero attached hydrogens (tertiary/aromatic N) is 1. The Hall–Kier alpha value is -2.29. The number of phenols is 1. The van der Waals surface area contributed by atoms with Gasteiger partial charge >= 0.3 is 0 Å². The summed E-state index contributed by atoms with van der Waals surface area (Å²) in [5.74, 6) is 0.542. The van der Waals surface area contributed by atoms with Crippen LogP contribution < -0.4 is 0 Å². The second-order valence-corrected chi connectivity index (χ2v) is 6.01. The fourth-order valence-corrected chi connectivity index (χ4v) is 2.96. The third-order valence-electron chi connectivity index (χ3n) is 4.55. The molecule has 1 unspecified atom stereocenters. The minimum absolute atomic E-state index is 0.0285. The Kier molecular flexibility index (Phi) is 3.88. The molecule has 2 aromatic carbocycles. The monoisotopic (exact) mass is 295 g/mol. The van der Waals surface area contributed by atoms with E-state index in [1.54, 1.807) is 12.1 Å². The number of hydrogen-bond acceptors (Lipinski definition) is 2. The molecule has 0 fully saturated rings. The predicted molar refractivity (Wildman–Crippen MR) is 86.8 cm³/mol. The topological polar surface area (TPSA) is 40.5 Å². The lowest BCUT2D eigenvalue weighted by molar-refractivity contribution is 0.0751. The number of carbonyl (C=O) groups excluding carboxylic acids is 1. The van der Waals surface area contributed by atoms with Crippen LogP contribution in [0.25, 0.3) is 0 Å². The lowest BCUT2D eigenvalue weighted by Crippen LogP contribution is -2.25. The van der Waals surface area contributed by atoms with Crippen LogP contribution in [0.4, 0.5) is 0 Å². The first kappa shape index (κ1) is 14.6. The highest BCUT2D eigenvalue weighted by Gasteiger charge is 2.24. The summed E-state index contributed by atoms with van der Waals surface area (Å²) in [6.45, 7) is 5.47. The molecule has 1 aliphatic heterocycles. The van der Waals surface area contributed by atoms with Crippen LogP contribution in [0, 0.1) is 0 Å². The van der Waals surface area contributed by atoms with E-state index in [1.165, 1.54) is 11.1 Å². The van der Waals surface area contributed by atoms with E-state index in [2.05, 4.69) is 26.0 Å². The van der Waals surface area contributed by atoms with E-state index in [0.717, 1.165) is 12.0 Å². The van der Waals surface area contributed by atoms with Gasteiger partial charge in [0.05, 0.1) is 0 Å². The van der Waals surface area contributed by atoms with E-state index in [1.807, 2.05) is 23.1 Å². The molecule has 0 radical (unpaired) electrons. The van der Waals surface area contributed by atoms with Gasteiger partial charge in [-0.15, -0.1) is 0 Å². The Bertz CT molecular complexity index is 683. The zero-order valence-electron chi connectivity index (χ0n) is 13.0. The van der Waals surface area contributed by atoms with Crippen LogP contribution >= 0.6 is 0 Å². The number of benzene rings is 2. The largest absolute Gasteiger partial charge is 0.508 e. The number of amides is 1. The smallest absolute Gasteiger partial charge is 0.254 e. The second kappa shape index (κ2) is 5.84. The van der Waals surface area contributed by atoms with E-state index in [9.17, 15) is 9.90 Å². The van der Waals surface area contributed by atoms with Gasteiger partial charge in [-0.2, -0.15) is 0 Å². The van der Waals surface area contributed by atoms with Crippen molar-refractivity contribution in [2.45, 2.75) is 39.3 Å². The van der Waals surface area contributed by atoms with Crippen LogP contribution in [0.2, 0.25) is 0 Å². The average molecular weight is 295 g/mol. The van der Waals surface area contributed by atoms with Gasteiger partial charge in [0.25, 0.3) is 5.91 Å². The SMILES string of the molecule is CCC(C)c1cc(C(=O)N2Cc3ccccc3C2)ccc1O. The van der Waals surface area contributed by atoms with Gasteiger partial charge < -0.3 is 10.0 Å². The summed E-state index contributed by atoms with van der Waals surface area (Å²) >= 11 is 0. The summed E-state index contributed by atoms with van der Waals surface area (Å²) in [6, 6.07) is 13.4. The Morgan fingerprint density at radius 2 is 1.82 bits per heavy atom. The van der Waals surface area contributed by atoms with Crippen LogP contribution in [0.15, 0.2) is 42.5 Å². The Morgan fingerprint density at radius 1 is 1.18 bits per heavy atom. The van der Waals surface area contributed by atoms with Crippen LogP contribution in [0.5, 0.6) is 5.75 Å². The van der Waals surface area contributed by atoms with Gasteiger partial charge in [-0.1, -0.05) is 38.1 Å². The van der Waals surface area contributed by atoms with Gasteiger partial charge in [0.15, 0.2) is 0 Å². The number of aromatic hydroxyl groups is 1. The lowest BCUT2D eigenvalue weighted by Gasteiger charge is -2.18. The van der Waals surface area contributed by atoms with Crippen LogP contribution in [-0.2, 0) is 13.1 Å². The molecule has 0 spiro atoms. The van der Waals surface area contributed by atoms with Crippen molar-refractivity contribution in [1.82, 2.24) is 4.90 Å².